The summed E-state index contributed by atoms with van der Waals surface area (Å²) in [4.78, 5) is 16.4. The molecule has 0 bridgehead atoms. The van der Waals surface area contributed by atoms with E-state index < -0.39 is 17.7 Å². The molecule has 0 saturated heterocycles. The van der Waals surface area contributed by atoms with Crippen LogP contribution in [0.15, 0.2) is 36.5 Å². The standard InChI is InChI=1S/C16H12F3N3O2/c1-9-13(15(23)24-2)14(22-12(21-9)7-8-20-22)10-5-3-4-6-11(10)16(17,18)19/h3-8H,1-2H3. The average molecular weight is 335 g/mol. The number of rotatable bonds is 2. The number of carbonyl (C=O) groups excluding carboxylic acids is 1. The third-order valence-electron chi connectivity index (χ3n) is 3.59. The zero-order valence-electron chi connectivity index (χ0n) is 12.8. The fourth-order valence-electron chi connectivity index (χ4n) is 2.59. The molecule has 124 valence electrons. The zero-order valence-corrected chi connectivity index (χ0v) is 12.8. The van der Waals surface area contributed by atoms with E-state index in [1.807, 2.05) is 0 Å². The van der Waals surface area contributed by atoms with Crippen molar-refractivity contribution in [3.8, 4) is 11.3 Å². The predicted octanol–water partition coefficient (Wildman–Crippen LogP) is 3.51. The van der Waals surface area contributed by atoms with Crippen molar-refractivity contribution in [1.29, 1.82) is 0 Å². The Morgan fingerprint density at radius 2 is 1.92 bits per heavy atom. The molecule has 0 saturated carbocycles. The number of fused-ring (bicyclic) bond motifs is 1. The van der Waals surface area contributed by atoms with Crippen LogP contribution in [0.4, 0.5) is 13.2 Å². The maximum atomic E-state index is 13.4. The lowest BCUT2D eigenvalue weighted by molar-refractivity contribution is -0.137. The fraction of sp³-hybridized carbons (Fsp3) is 0.188. The number of benzene rings is 1. The van der Waals surface area contributed by atoms with Crippen LogP contribution in [0.1, 0.15) is 21.6 Å². The van der Waals surface area contributed by atoms with E-state index in [9.17, 15) is 18.0 Å². The van der Waals surface area contributed by atoms with Gasteiger partial charge < -0.3 is 4.74 Å². The number of carbonyl (C=O) groups is 1. The molecule has 2 aromatic heterocycles. The van der Waals surface area contributed by atoms with Gasteiger partial charge >= 0.3 is 12.1 Å². The first-order valence-corrected chi connectivity index (χ1v) is 6.94. The monoisotopic (exact) mass is 335 g/mol. The Labute approximate surface area is 134 Å². The topological polar surface area (TPSA) is 56.5 Å². The molecule has 3 aromatic rings. The van der Waals surface area contributed by atoms with Crippen molar-refractivity contribution >= 4 is 11.6 Å². The second kappa shape index (κ2) is 5.63. The van der Waals surface area contributed by atoms with Gasteiger partial charge in [-0.1, -0.05) is 18.2 Å². The van der Waals surface area contributed by atoms with E-state index in [2.05, 4.69) is 10.1 Å². The molecule has 0 fully saturated rings. The van der Waals surface area contributed by atoms with Gasteiger partial charge in [-0.3, -0.25) is 0 Å². The molecule has 0 amide bonds. The van der Waals surface area contributed by atoms with Gasteiger partial charge in [-0.05, 0) is 13.0 Å². The molecule has 24 heavy (non-hydrogen) atoms. The first kappa shape index (κ1) is 16.0. The summed E-state index contributed by atoms with van der Waals surface area (Å²) >= 11 is 0. The Bertz CT molecular complexity index is 932. The molecule has 0 unspecified atom stereocenters. The second-order valence-electron chi connectivity index (χ2n) is 5.06. The highest BCUT2D eigenvalue weighted by molar-refractivity contribution is 5.98. The minimum Gasteiger partial charge on any atom is -0.465 e. The van der Waals surface area contributed by atoms with E-state index in [0.717, 1.165) is 13.2 Å². The van der Waals surface area contributed by atoms with Crippen molar-refractivity contribution in [2.75, 3.05) is 7.11 Å². The Balaban J connectivity index is 2.46. The number of hydrogen-bond donors (Lipinski definition) is 0. The second-order valence-corrected chi connectivity index (χ2v) is 5.06. The molecule has 2 heterocycles. The van der Waals surface area contributed by atoms with Gasteiger partial charge in [0.25, 0.3) is 0 Å². The maximum Gasteiger partial charge on any atom is 0.417 e. The van der Waals surface area contributed by atoms with Crippen molar-refractivity contribution in [3.63, 3.8) is 0 Å². The molecular weight excluding hydrogens is 323 g/mol. The number of ether oxygens (including phenoxy) is 1. The zero-order chi connectivity index (χ0) is 17.5. The van der Waals surface area contributed by atoms with Gasteiger partial charge in [-0.25, -0.2) is 14.3 Å². The van der Waals surface area contributed by atoms with Gasteiger partial charge in [0.1, 0.15) is 5.56 Å². The SMILES string of the molecule is COC(=O)c1c(C)nc2ccnn2c1-c1ccccc1C(F)(F)F. The molecule has 0 aliphatic heterocycles. The number of aryl methyl sites for hydroxylation is 1. The highest BCUT2D eigenvalue weighted by Gasteiger charge is 2.35. The summed E-state index contributed by atoms with van der Waals surface area (Å²) in [5.41, 5.74) is -0.469. The van der Waals surface area contributed by atoms with Crippen LogP contribution in [0.2, 0.25) is 0 Å². The Kier molecular flexibility index (Phi) is 3.75. The fourth-order valence-corrected chi connectivity index (χ4v) is 2.59. The number of nitrogens with zero attached hydrogens (tertiary/aromatic N) is 3. The molecule has 8 heteroatoms. The minimum absolute atomic E-state index is 0.00211. The van der Waals surface area contributed by atoms with Crippen LogP contribution in [0.25, 0.3) is 16.9 Å². The number of halogens is 3. The summed E-state index contributed by atoms with van der Waals surface area (Å²) in [6.45, 7) is 1.54. The lowest BCUT2D eigenvalue weighted by Crippen LogP contribution is -2.15. The van der Waals surface area contributed by atoms with Crippen LogP contribution in [0.5, 0.6) is 0 Å². The summed E-state index contributed by atoms with van der Waals surface area (Å²) in [5, 5.41) is 4.02. The van der Waals surface area contributed by atoms with Crippen LogP contribution in [-0.4, -0.2) is 27.7 Å². The Morgan fingerprint density at radius 1 is 1.21 bits per heavy atom. The molecule has 0 aliphatic rings. The predicted molar refractivity (Wildman–Crippen MR) is 79.5 cm³/mol. The van der Waals surface area contributed by atoms with Crippen LogP contribution in [0.3, 0.4) is 0 Å². The number of hydrogen-bond acceptors (Lipinski definition) is 4. The largest absolute Gasteiger partial charge is 0.465 e. The summed E-state index contributed by atoms with van der Waals surface area (Å²) in [5.74, 6) is -0.774. The number of esters is 1. The molecule has 0 aliphatic carbocycles. The molecule has 0 N–H and O–H groups in total. The molecule has 0 atom stereocenters. The summed E-state index contributed by atoms with van der Waals surface area (Å²) in [6, 6.07) is 6.57. The van der Waals surface area contributed by atoms with Gasteiger partial charge in [0, 0.05) is 11.6 Å². The third kappa shape index (κ3) is 2.49. The highest BCUT2D eigenvalue weighted by atomic mass is 19.4. The van der Waals surface area contributed by atoms with Crippen molar-refractivity contribution in [1.82, 2.24) is 14.6 Å². The number of methoxy groups -OCH3 is 1. The molecular formula is C16H12F3N3O2. The lowest BCUT2D eigenvalue weighted by atomic mass is 9.99. The minimum atomic E-state index is -4.58. The number of alkyl halides is 3. The van der Waals surface area contributed by atoms with E-state index in [4.69, 9.17) is 4.74 Å². The van der Waals surface area contributed by atoms with Gasteiger partial charge in [0.05, 0.1) is 30.3 Å². The van der Waals surface area contributed by atoms with E-state index >= 15 is 0 Å². The van der Waals surface area contributed by atoms with Crippen LogP contribution in [-0.2, 0) is 10.9 Å². The van der Waals surface area contributed by atoms with Crippen molar-refractivity contribution < 1.29 is 22.7 Å². The van der Waals surface area contributed by atoms with E-state index in [0.29, 0.717) is 5.65 Å². The normalized spacial score (nSPS) is 11.7. The third-order valence-corrected chi connectivity index (χ3v) is 3.59. The van der Waals surface area contributed by atoms with Gasteiger partial charge in [0.2, 0.25) is 0 Å². The van der Waals surface area contributed by atoms with Crippen molar-refractivity contribution in [2.45, 2.75) is 13.1 Å². The summed E-state index contributed by atoms with van der Waals surface area (Å²) in [6.07, 6.45) is -3.18. The van der Waals surface area contributed by atoms with Crippen LogP contribution >= 0.6 is 0 Å². The lowest BCUT2D eigenvalue weighted by Gasteiger charge is -2.17. The van der Waals surface area contributed by atoms with Gasteiger partial charge in [-0.2, -0.15) is 18.3 Å². The van der Waals surface area contributed by atoms with E-state index in [1.165, 1.54) is 28.9 Å². The van der Waals surface area contributed by atoms with Gasteiger partial charge in [0.15, 0.2) is 5.65 Å². The summed E-state index contributed by atoms with van der Waals surface area (Å²) in [7, 11) is 1.16. The molecule has 0 spiro atoms. The van der Waals surface area contributed by atoms with Crippen molar-refractivity contribution in [2.24, 2.45) is 0 Å². The molecule has 1 aromatic carbocycles. The maximum absolute atomic E-state index is 13.4. The van der Waals surface area contributed by atoms with Crippen LogP contribution in [0, 0.1) is 6.92 Å². The molecule has 3 rings (SSSR count). The van der Waals surface area contributed by atoms with Crippen molar-refractivity contribution in [3.05, 3.63) is 53.3 Å². The van der Waals surface area contributed by atoms with E-state index in [1.54, 1.807) is 13.0 Å². The molecule has 0 radical (unpaired) electrons. The summed E-state index contributed by atoms with van der Waals surface area (Å²) < 4.78 is 46.2. The van der Waals surface area contributed by atoms with Gasteiger partial charge in [-0.15, -0.1) is 0 Å². The number of aromatic nitrogens is 3. The first-order valence-electron chi connectivity index (χ1n) is 6.94. The average Bonchev–Trinajstić information content (AvgIpc) is 2.99. The first-order chi connectivity index (χ1) is 11.3. The highest BCUT2D eigenvalue weighted by Crippen LogP contribution is 2.38. The van der Waals surface area contributed by atoms with E-state index in [-0.39, 0.29) is 22.5 Å². The Hall–Kier alpha value is -2.90. The smallest absolute Gasteiger partial charge is 0.417 e. The van der Waals surface area contributed by atoms with Crippen LogP contribution < -0.4 is 0 Å². The molecule has 5 nitrogen and oxygen atoms in total. The quantitative estimate of drug-likeness (QED) is 0.673. The Morgan fingerprint density at radius 3 is 2.58 bits per heavy atom.